The lowest BCUT2D eigenvalue weighted by molar-refractivity contribution is 0.0643. The van der Waals surface area contributed by atoms with Crippen molar-refractivity contribution in [1.82, 2.24) is 10.2 Å². The first-order valence-corrected chi connectivity index (χ1v) is 9.66. The Balaban J connectivity index is 1.36. The predicted molar refractivity (Wildman–Crippen MR) is 93.5 cm³/mol. The van der Waals surface area contributed by atoms with Crippen LogP contribution < -0.4 is 10.1 Å². The van der Waals surface area contributed by atoms with Crippen LogP contribution in [-0.2, 0) is 4.74 Å². The van der Waals surface area contributed by atoms with Crippen LogP contribution in [0, 0.1) is 17.8 Å². The average Bonchev–Trinajstić information content (AvgIpc) is 3.55. The highest BCUT2D eigenvalue weighted by atomic mass is 16.5. The van der Waals surface area contributed by atoms with Crippen molar-refractivity contribution in [1.29, 1.82) is 0 Å². The summed E-state index contributed by atoms with van der Waals surface area (Å²) in [5.41, 5.74) is 1.15. The molecule has 5 heteroatoms. The zero-order valence-electron chi connectivity index (χ0n) is 14.5. The van der Waals surface area contributed by atoms with E-state index >= 15 is 0 Å². The zero-order chi connectivity index (χ0) is 16.8. The summed E-state index contributed by atoms with van der Waals surface area (Å²) in [4.78, 5) is 14.9. The number of hydrogen-bond donors (Lipinski definition) is 1. The smallest absolute Gasteiger partial charge is 0.318 e. The van der Waals surface area contributed by atoms with Gasteiger partial charge in [-0.25, -0.2) is 4.79 Å². The topological polar surface area (TPSA) is 50.8 Å². The molecule has 0 spiro atoms. The number of rotatable bonds is 5. The fraction of sp³-hybridized carbons (Fsp3) is 0.650. The number of carbonyl (C=O) groups is 1. The summed E-state index contributed by atoms with van der Waals surface area (Å²) in [6.07, 6.45) is 4.84. The number of urea groups is 1. The highest BCUT2D eigenvalue weighted by molar-refractivity contribution is 5.76. The first kappa shape index (κ1) is 15.5. The maximum absolute atomic E-state index is 12.8. The molecular formula is C20H26N2O3. The molecule has 5 nitrogen and oxygen atoms in total. The lowest BCUT2D eigenvalue weighted by Gasteiger charge is -2.34. The number of fused-ring (bicyclic) bond motifs is 3. The van der Waals surface area contributed by atoms with Gasteiger partial charge in [0.2, 0.25) is 0 Å². The number of nitrogens with zero attached hydrogens (tertiary/aromatic N) is 1. The summed E-state index contributed by atoms with van der Waals surface area (Å²) in [5.74, 6) is 2.36. The Labute approximate surface area is 148 Å². The van der Waals surface area contributed by atoms with Crippen molar-refractivity contribution in [2.24, 2.45) is 17.8 Å². The molecule has 134 valence electrons. The van der Waals surface area contributed by atoms with E-state index in [-0.39, 0.29) is 12.1 Å². The van der Waals surface area contributed by atoms with Crippen LogP contribution in [0.15, 0.2) is 24.3 Å². The van der Waals surface area contributed by atoms with Gasteiger partial charge in [-0.2, -0.15) is 0 Å². The molecule has 3 fully saturated rings. The van der Waals surface area contributed by atoms with E-state index in [0.717, 1.165) is 49.8 Å². The summed E-state index contributed by atoms with van der Waals surface area (Å²) >= 11 is 0. The van der Waals surface area contributed by atoms with Crippen molar-refractivity contribution >= 4 is 6.03 Å². The van der Waals surface area contributed by atoms with Crippen LogP contribution in [0.3, 0.4) is 0 Å². The van der Waals surface area contributed by atoms with Crippen molar-refractivity contribution in [2.45, 2.75) is 37.8 Å². The molecule has 0 unspecified atom stereocenters. The van der Waals surface area contributed by atoms with Gasteiger partial charge in [0.25, 0.3) is 0 Å². The third-order valence-corrected chi connectivity index (χ3v) is 6.00. The Morgan fingerprint density at radius 2 is 2.04 bits per heavy atom. The van der Waals surface area contributed by atoms with E-state index < -0.39 is 0 Å². The first-order valence-electron chi connectivity index (χ1n) is 9.66. The molecule has 2 heterocycles. The molecule has 25 heavy (non-hydrogen) atoms. The summed E-state index contributed by atoms with van der Waals surface area (Å²) in [7, 11) is 0. The van der Waals surface area contributed by atoms with Gasteiger partial charge in [-0.05, 0) is 37.7 Å². The van der Waals surface area contributed by atoms with Crippen molar-refractivity contribution in [3.8, 4) is 5.75 Å². The summed E-state index contributed by atoms with van der Waals surface area (Å²) in [6, 6.07) is 8.73. The lowest BCUT2D eigenvalue weighted by Crippen LogP contribution is -2.42. The molecule has 2 saturated carbocycles. The summed E-state index contributed by atoms with van der Waals surface area (Å²) in [5, 5.41) is 3.17. The van der Waals surface area contributed by atoms with Crippen LogP contribution in [0.5, 0.6) is 5.75 Å². The van der Waals surface area contributed by atoms with Crippen LogP contribution in [0.1, 0.15) is 37.3 Å². The maximum Gasteiger partial charge on any atom is 0.318 e. The monoisotopic (exact) mass is 342 g/mol. The molecule has 2 aliphatic heterocycles. The van der Waals surface area contributed by atoms with E-state index in [4.69, 9.17) is 9.47 Å². The Bertz CT molecular complexity index is 656. The molecule has 2 amide bonds. The minimum Gasteiger partial charge on any atom is -0.493 e. The number of ether oxygens (including phenoxy) is 2. The molecule has 3 atom stereocenters. The van der Waals surface area contributed by atoms with Crippen LogP contribution in [-0.4, -0.2) is 43.3 Å². The van der Waals surface area contributed by atoms with Crippen LogP contribution in [0.4, 0.5) is 4.79 Å². The molecule has 1 N–H and O–H groups in total. The highest BCUT2D eigenvalue weighted by Crippen LogP contribution is 2.47. The van der Waals surface area contributed by atoms with Gasteiger partial charge in [0.05, 0.1) is 19.3 Å². The highest BCUT2D eigenvalue weighted by Gasteiger charge is 2.48. The number of nitrogens with one attached hydrogen (secondary N) is 1. The van der Waals surface area contributed by atoms with Gasteiger partial charge in [0.1, 0.15) is 5.75 Å². The Morgan fingerprint density at radius 1 is 1.20 bits per heavy atom. The number of benzene rings is 1. The van der Waals surface area contributed by atoms with E-state index in [1.165, 1.54) is 12.8 Å². The zero-order valence-corrected chi connectivity index (χ0v) is 14.5. The van der Waals surface area contributed by atoms with E-state index in [9.17, 15) is 4.79 Å². The van der Waals surface area contributed by atoms with Gasteiger partial charge < -0.3 is 19.7 Å². The summed E-state index contributed by atoms with van der Waals surface area (Å²) < 4.78 is 12.0. The molecule has 4 aliphatic rings. The third kappa shape index (κ3) is 3.10. The Hall–Kier alpha value is -1.75. The molecule has 0 aromatic heterocycles. The van der Waals surface area contributed by atoms with E-state index in [1.54, 1.807) is 0 Å². The van der Waals surface area contributed by atoms with Crippen molar-refractivity contribution in [3.63, 3.8) is 0 Å². The van der Waals surface area contributed by atoms with Crippen LogP contribution in [0.2, 0.25) is 0 Å². The maximum atomic E-state index is 12.8. The molecule has 1 aromatic rings. The molecule has 5 rings (SSSR count). The lowest BCUT2D eigenvalue weighted by atomic mass is 9.86. The van der Waals surface area contributed by atoms with Gasteiger partial charge in [-0.15, -0.1) is 0 Å². The largest absolute Gasteiger partial charge is 0.493 e. The molecule has 2 aliphatic carbocycles. The van der Waals surface area contributed by atoms with Crippen molar-refractivity contribution < 1.29 is 14.3 Å². The standard InChI is InChI=1S/C20H26N2O3/c23-20(21-15-7-8-15)22-9-14(11-24-10-13-5-6-13)17-12-25-18-4-2-1-3-16(18)19(17)22/h1-4,13-15,17,19H,5-12H2,(H,21,23)/t14-,17-,19-/m0/s1. The minimum absolute atomic E-state index is 0.0823. The normalized spacial score (nSPS) is 30.4. The fourth-order valence-electron chi connectivity index (χ4n) is 4.20. The second kappa shape index (κ2) is 6.20. The van der Waals surface area contributed by atoms with Crippen LogP contribution >= 0.6 is 0 Å². The van der Waals surface area contributed by atoms with E-state index in [1.807, 2.05) is 23.1 Å². The quantitative estimate of drug-likeness (QED) is 0.895. The number of likely N-dealkylation sites (tertiary alicyclic amines) is 1. The molecular weight excluding hydrogens is 316 g/mol. The second-order valence-corrected chi connectivity index (χ2v) is 8.07. The molecule has 1 aromatic carbocycles. The molecule has 0 radical (unpaired) electrons. The number of para-hydroxylation sites is 1. The van der Waals surface area contributed by atoms with Gasteiger partial charge >= 0.3 is 6.03 Å². The van der Waals surface area contributed by atoms with Crippen molar-refractivity contribution in [3.05, 3.63) is 29.8 Å². The van der Waals surface area contributed by atoms with Gasteiger partial charge in [0, 0.05) is 36.6 Å². The number of amides is 2. The third-order valence-electron chi connectivity index (χ3n) is 6.00. The number of carbonyl (C=O) groups excluding carboxylic acids is 1. The summed E-state index contributed by atoms with van der Waals surface area (Å²) in [6.45, 7) is 3.04. The Morgan fingerprint density at radius 3 is 2.84 bits per heavy atom. The average molecular weight is 342 g/mol. The van der Waals surface area contributed by atoms with E-state index in [0.29, 0.717) is 24.5 Å². The van der Waals surface area contributed by atoms with Crippen LogP contribution in [0.25, 0.3) is 0 Å². The van der Waals surface area contributed by atoms with Gasteiger partial charge in [-0.3, -0.25) is 0 Å². The minimum atomic E-state index is 0.0823. The van der Waals surface area contributed by atoms with Crippen molar-refractivity contribution in [2.75, 3.05) is 26.4 Å². The fourth-order valence-corrected chi connectivity index (χ4v) is 4.20. The predicted octanol–water partition coefficient (Wildman–Crippen LogP) is 2.97. The number of hydrogen-bond acceptors (Lipinski definition) is 3. The Kier molecular flexibility index (Phi) is 3.85. The van der Waals surface area contributed by atoms with E-state index in [2.05, 4.69) is 11.4 Å². The van der Waals surface area contributed by atoms with Gasteiger partial charge in [-0.1, -0.05) is 18.2 Å². The van der Waals surface area contributed by atoms with Gasteiger partial charge in [0.15, 0.2) is 0 Å². The first-order chi connectivity index (χ1) is 12.3. The second-order valence-electron chi connectivity index (χ2n) is 8.07. The SMILES string of the molecule is O=C(NC1CC1)N1C[C@@H](COCC2CC2)[C@@H]2COc3ccccc3[C@@H]21. The molecule has 1 saturated heterocycles. The molecule has 0 bridgehead atoms.